The van der Waals surface area contributed by atoms with E-state index in [0.29, 0.717) is 16.5 Å². The van der Waals surface area contributed by atoms with Crippen molar-refractivity contribution in [2.45, 2.75) is 6.92 Å². The number of ether oxygens (including phenoxy) is 1. The molecule has 0 N–H and O–H groups in total. The highest BCUT2D eigenvalue weighted by atomic mass is 35.5. The summed E-state index contributed by atoms with van der Waals surface area (Å²) < 4.78 is 4.90. The van der Waals surface area contributed by atoms with Crippen LogP contribution in [0, 0.1) is 18.3 Å². The Morgan fingerprint density at radius 3 is 2.83 bits per heavy atom. The fourth-order valence-electron chi connectivity index (χ4n) is 0.800. The van der Waals surface area contributed by atoms with Gasteiger partial charge in [-0.2, -0.15) is 5.26 Å². The number of methoxy groups -OCH3 is 1. The summed E-state index contributed by atoms with van der Waals surface area (Å²) in [4.78, 5) is 3.94. The average molecular weight is 183 g/mol. The number of rotatable bonds is 1. The molecule has 0 aliphatic rings. The van der Waals surface area contributed by atoms with Crippen molar-refractivity contribution in [2.75, 3.05) is 7.11 Å². The van der Waals surface area contributed by atoms with E-state index in [4.69, 9.17) is 21.6 Å². The molecule has 3 nitrogen and oxygen atoms in total. The molecule has 0 aromatic carbocycles. The first-order valence-corrected chi connectivity index (χ1v) is 3.68. The second-order valence-corrected chi connectivity index (χ2v) is 2.63. The molecule has 1 aromatic heterocycles. The molecule has 0 bridgehead atoms. The molecule has 0 saturated heterocycles. The van der Waals surface area contributed by atoms with E-state index in [0.717, 1.165) is 0 Å². The largest absolute Gasteiger partial charge is 0.494 e. The van der Waals surface area contributed by atoms with Gasteiger partial charge in [-0.05, 0) is 6.92 Å². The van der Waals surface area contributed by atoms with Crippen molar-refractivity contribution >= 4 is 11.6 Å². The zero-order valence-corrected chi connectivity index (χ0v) is 7.51. The molecule has 1 rings (SSSR count). The highest BCUT2D eigenvalue weighted by Crippen LogP contribution is 2.22. The summed E-state index contributed by atoms with van der Waals surface area (Å²) in [5.74, 6) is 0.410. The predicted octanol–water partition coefficient (Wildman–Crippen LogP) is 1.92. The van der Waals surface area contributed by atoms with Gasteiger partial charge in [0.15, 0.2) is 11.4 Å². The maximum atomic E-state index is 8.63. The van der Waals surface area contributed by atoms with Crippen molar-refractivity contribution in [3.05, 3.63) is 22.5 Å². The van der Waals surface area contributed by atoms with Crippen LogP contribution in [0.1, 0.15) is 11.4 Å². The maximum absolute atomic E-state index is 8.63. The van der Waals surface area contributed by atoms with Crippen molar-refractivity contribution < 1.29 is 4.74 Å². The van der Waals surface area contributed by atoms with Crippen LogP contribution < -0.4 is 4.74 Å². The van der Waals surface area contributed by atoms with Crippen molar-refractivity contribution in [1.29, 1.82) is 5.26 Å². The molecule has 0 saturated carbocycles. The Morgan fingerprint density at radius 1 is 1.67 bits per heavy atom. The van der Waals surface area contributed by atoms with Crippen LogP contribution in [0.5, 0.6) is 5.75 Å². The van der Waals surface area contributed by atoms with E-state index in [1.165, 1.54) is 7.11 Å². The molecule has 0 aliphatic carbocycles. The van der Waals surface area contributed by atoms with Crippen LogP contribution in [0.3, 0.4) is 0 Å². The van der Waals surface area contributed by atoms with Gasteiger partial charge in [0.1, 0.15) is 6.07 Å². The molecule has 0 spiro atoms. The Balaban J connectivity index is 3.31. The third-order valence-electron chi connectivity index (χ3n) is 1.44. The Hall–Kier alpha value is -1.27. The number of nitriles is 1. The Labute approximate surface area is 75.6 Å². The smallest absolute Gasteiger partial charge is 0.182 e. The Bertz CT molecular complexity index is 344. The van der Waals surface area contributed by atoms with Crippen molar-refractivity contribution in [3.8, 4) is 11.8 Å². The molecule has 62 valence electrons. The summed E-state index contributed by atoms with van der Waals surface area (Å²) in [6.45, 7) is 1.74. The average Bonchev–Trinajstić information content (AvgIpc) is 2.09. The maximum Gasteiger partial charge on any atom is 0.182 e. The molecule has 1 heterocycles. The summed E-state index contributed by atoms with van der Waals surface area (Å²) in [7, 11) is 1.48. The minimum absolute atomic E-state index is 0.263. The van der Waals surface area contributed by atoms with Crippen LogP contribution in [0.4, 0.5) is 0 Å². The van der Waals surface area contributed by atoms with Crippen LogP contribution in [0.25, 0.3) is 0 Å². The number of hydrogen-bond acceptors (Lipinski definition) is 3. The second kappa shape index (κ2) is 3.42. The van der Waals surface area contributed by atoms with E-state index >= 15 is 0 Å². The van der Waals surface area contributed by atoms with Gasteiger partial charge in [-0.25, -0.2) is 4.98 Å². The fraction of sp³-hybridized carbons (Fsp3) is 0.250. The molecule has 0 aliphatic heterocycles. The Morgan fingerprint density at radius 2 is 2.33 bits per heavy atom. The zero-order valence-electron chi connectivity index (χ0n) is 6.76. The van der Waals surface area contributed by atoms with Crippen molar-refractivity contribution in [2.24, 2.45) is 0 Å². The van der Waals surface area contributed by atoms with E-state index in [1.54, 1.807) is 13.0 Å². The topological polar surface area (TPSA) is 45.9 Å². The van der Waals surface area contributed by atoms with Gasteiger partial charge in [0.05, 0.1) is 17.8 Å². The standard InChI is InChI=1S/C8H7ClN2O/c1-5-6(9)3-8(12-2)7(4-10)11-5/h3H,1-2H3. The van der Waals surface area contributed by atoms with E-state index in [1.807, 2.05) is 6.07 Å². The quantitative estimate of drug-likeness (QED) is 0.667. The van der Waals surface area contributed by atoms with Crippen LogP contribution in [-0.2, 0) is 0 Å². The molecule has 0 unspecified atom stereocenters. The lowest BCUT2D eigenvalue weighted by Crippen LogP contribution is -1.94. The van der Waals surface area contributed by atoms with Crippen LogP contribution in [-0.4, -0.2) is 12.1 Å². The minimum Gasteiger partial charge on any atom is -0.494 e. The first-order valence-electron chi connectivity index (χ1n) is 3.30. The van der Waals surface area contributed by atoms with E-state index in [9.17, 15) is 0 Å². The lowest BCUT2D eigenvalue weighted by molar-refractivity contribution is 0.411. The highest BCUT2D eigenvalue weighted by molar-refractivity contribution is 6.31. The summed E-state index contributed by atoms with van der Waals surface area (Å²) in [5, 5.41) is 9.13. The molecule has 0 fully saturated rings. The molecule has 0 atom stereocenters. The molecule has 12 heavy (non-hydrogen) atoms. The summed E-state index contributed by atoms with van der Waals surface area (Å²) >= 11 is 5.77. The van der Waals surface area contributed by atoms with Gasteiger partial charge in [0.2, 0.25) is 0 Å². The number of nitrogens with zero attached hydrogens (tertiary/aromatic N) is 2. The van der Waals surface area contributed by atoms with E-state index in [2.05, 4.69) is 4.98 Å². The number of aryl methyl sites for hydroxylation is 1. The Kier molecular flexibility index (Phi) is 2.51. The number of halogens is 1. The van der Waals surface area contributed by atoms with Crippen molar-refractivity contribution in [3.63, 3.8) is 0 Å². The van der Waals surface area contributed by atoms with Crippen LogP contribution >= 0.6 is 11.6 Å². The SMILES string of the molecule is COc1cc(Cl)c(C)nc1C#N. The number of hydrogen-bond donors (Lipinski definition) is 0. The fourth-order valence-corrected chi connectivity index (χ4v) is 0.941. The summed E-state index contributed by atoms with van der Waals surface area (Å²) in [6, 6.07) is 3.51. The number of pyridine rings is 1. The monoisotopic (exact) mass is 182 g/mol. The number of aromatic nitrogens is 1. The van der Waals surface area contributed by atoms with Gasteiger partial charge in [-0.1, -0.05) is 11.6 Å². The minimum atomic E-state index is 0.263. The van der Waals surface area contributed by atoms with Crippen LogP contribution in [0.15, 0.2) is 6.07 Å². The third kappa shape index (κ3) is 1.49. The normalized spacial score (nSPS) is 9.17. The highest BCUT2D eigenvalue weighted by Gasteiger charge is 2.06. The molecular formula is C8H7ClN2O. The zero-order chi connectivity index (χ0) is 9.14. The van der Waals surface area contributed by atoms with Gasteiger partial charge in [0, 0.05) is 6.07 Å². The van der Waals surface area contributed by atoms with Crippen LogP contribution in [0.2, 0.25) is 5.02 Å². The summed E-state index contributed by atoms with van der Waals surface area (Å²) in [5.41, 5.74) is 0.897. The van der Waals surface area contributed by atoms with Gasteiger partial charge < -0.3 is 4.74 Å². The van der Waals surface area contributed by atoms with Gasteiger partial charge >= 0.3 is 0 Å². The first-order chi connectivity index (χ1) is 5.69. The predicted molar refractivity (Wildman–Crippen MR) is 45.3 cm³/mol. The molecule has 0 radical (unpaired) electrons. The molecular weight excluding hydrogens is 176 g/mol. The first kappa shape index (κ1) is 8.82. The van der Waals surface area contributed by atoms with Crippen molar-refractivity contribution in [1.82, 2.24) is 4.98 Å². The molecule has 1 aromatic rings. The van der Waals surface area contributed by atoms with E-state index < -0.39 is 0 Å². The lowest BCUT2D eigenvalue weighted by Gasteiger charge is -2.03. The lowest BCUT2D eigenvalue weighted by atomic mass is 10.3. The molecule has 0 amide bonds. The second-order valence-electron chi connectivity index (χ2n) is 2.22. The van der Waals surface area contributed by atoms with E-state index in [-0.39, 0.29) is 5.69 Å². The summed E-state index contributed by atoms with van der Waals surface area (Å²) in [6.07, 6.45) is 0. The van der Waals surface area contributed by atoms with Gasteiger partial charge in [-0.15, -0.1) is 0 Å². The van der Waals surface area contributed by atoms with Gasteiger partial charge in [0.25, 0.3) is 0 Å². The third-order valence-corrected chi connectivity index (χ3v) is 1.82. The van der Waals surface area contributed by atoms with Gasteiger partial charge in [-0.3, -0.25) is 0 Å². The molecule has 4 heteroatoms.